The van der Waals surface area contributed by atoms with Gasteiger partial charge in [-0.15, -0.1) is 11.6 Å². The maximum absolute atomic E-state index is 9.87. The Balaban J connectivity index is 2.01. The Morgan fingerprint density at radius 3 is 2.29 bits per heavy atom. The fraction of sp³-hybridized carbons (Fsp3) is 1.00. The summed E-state index contributed by atoms with van der Waals surface area (Å²) in [7, 11) is 0. The highest BCUT2D eigenvalue weighted by Gasteiger charge is 2.57. The van der Waals surface area contributed by atoms with Gasteiger partial charge in [-0.3, -0.25) is 0 Å². The summed E-state index contributed by atoms with van der Waals surface area (Å²) in [6.45, 7) is 0. The molecule has 2 aliphatic rings. The number of alkyl halides is 4. The Labute approximate surface area is 117 Å². The Kier molecular flexibility index (Phi) is 4.35. The molecule has 0 aromatic rings. The Morgan fingerprint density at radius 1 is 1.18 bits per heavy atom. The number of aliphatic hydroxyl groups excluding tert-OH is 2. The smallest absolute Gasteiger partial charge is 0.241 e. The Morgan fingerprint density at radius 2 is 1.82 bits per heavy atom. The van der Waals surface area contributed by atoms with Crippen molar-refractivity contribution in [3.05, 3.63) is 0 Å². The van der Waals surface area contributed by atoms with E-state index in [9.17, 15) is 10.2 Å². The molecular weight excluding hydrogens is 318 g/mol. The van der Waals surface area contributed by atoms with Crippen LogP contribution in [0.3, 0.4) is 0 Å². The number of fused-ring (bicyclic) bond motifs is 1. The van der Waals surface area contributed by atoms with Crippen LogP contribution < -0.4 is 0 Å². The van der Waals surface area contributed by atoms with Crippen LogP contribution in [0.1, 0.15) is 0 Å². The molecule has 2 saturated heterocycles. The van der Waals surface area contributed by atoms with Gasteiger partial charge in [-0.2, -0.15) is 0 Å². The van der Waals surface area contributed by atoms with E-state index in [0.717, 1.165) is 0 Å². The van der Waals surface area contributed by atoms with Crippen molar-refractivity contribution >= 4 is 46.4 Å². The number of aliphatic hydroxyl groups is 2. The van der Waals surface area contributed by atoms with Gasteiger partial charge in [0.25, 0.3) is 0 Å². The van der Waals surface area contributed by atoms with Gasteiger partial charge in [0.1, 0.15) is 18.3 Å². The molecule has 2 rings (SSSR count). The third kappa shape index (κ3) is 2.78. The Hall–Kier alpha value is 0.960. The van der Waals surface area contributed by atoms with Crippen molar-refractivity contribution in [2.24, 2.45) is 0 Å². The summed E-state index contributed by atoms with van der Waals surface area (Å²) >= 11 is 22.3. The second kappa shape index (κ2) is 5.15. The van der Waals surface area contributed by atoms with Crippen LogP contribution >= 0.6 is 46.4 Å². The van der Waals surface area contributed by atoms with Crippen molar-refractivity contribution in [2.45, 2.75) is 40.8 Å². The van der Waals surface area contributed by atoms with E-state index in [1.165, 1.54) is 0 Å². The third-order valence-electron chi connectivity index (χ3n) is 2.58. The molecule has 0 saturated carbocycles. The zero-order chi connectivity index (χ0) is 12.8. The minimum Gasteiger partial charge on any atom is -0.389 e. The summed E-state index contributed by atoms with van der Waals surface area (Å²) < 4.78 is 13.9. The topological polar surface area (TPSA) is 68.2 Å². The molecule has 0 aliphatic carbocycles. The van der Waals surface area contributed by atoms with Crippen molar-refractivity contribution in [1.29, 1.82) is 0 Å². The fourth-order valence-corrected chi connectivity index (χ4v) is 2.26. The van der Waals surface area contributed by atoms with Crippen molar-refractivity contribution in [1.82, 2.24) is 0 Å². The molecule has 17 heavy (non-hydrogen) atoms. The predicted octanol–water partition coefficient (Wildman–Crippen LogP) is 0.784. The maximum atomic E-state index is 9.87. The molecule has 100 valence electrons. The van der Waals surface area contributed by atoms with Crippen molar-refractivity contribution in [3.8, 4) is 0 Å². The molecule has 0 bridgehead atoms. The molecule has 0 aromatic carbocycles. The monoisotopic (exact) mass is 326 g/mol. The van der Waals surface area contributed by atoms with E-state index in [1.54, 1.807) is 0 Å². The molecule has 0 aromatic heterocycles. The molecule has 0 radical (unpaired) electrons. The molecule has 9 heteroatoms. The molecule has 6 atom stereocenters. The van der Waals surface area contributed by atoms with E-state index >= 15 is 0 Å². The summed E-state index contributed by atoms with van der Waals surface area (Å²) in [6.07, 6.45) is -5.79. The second-order valence-corrected chi connectivity index (χ2v) is 6.47. The van der Waals surface area contributed by atoms with E-state index in [2.05, 4.69) is 0 Å². The predicted molar refractivity (Wildman–Crippen MR) is 61.4 cm³/mol. The highest BCUT2D eigenvalue weighted by molar-refractivity contribution is 6.67. The van der Waals surface area contributed by atoms with E-state index < -0.39 is 40.8 Å². The van der Waals surface area contributed by atoms with Crippen molar-refractivity contribution in [2.75, 3.05) is 5.88 Å². The molecule has 0 amide bonds. The molecule has 2 fully saturated rings. The molecule has 2 heterocycles. The minimum absolute atomic E-state index is 0.0744. The fourth-order valence-electron chi connectivity index (χ4n) is 1.77. The van der Waals surface area contributed by atoms with Crippen LogP contribution in [0.4, 0.5) is 0 Å². The molecule has 5 nitrogen and oxygen atoms in total. The molecule has 2 N–H and O–H groups in total. The van der Waals surface area contributed by atoms with Gasteiger partial charge in [-0.1, -0.05) is 34.8 Å². The maximum Gasteiger partial charge on any atom is 0.241 e. The van der Waals surface area contributed by atoms with Crippen LogP contribution in [0.2, 0.25) is 0 Å². The second-order valence-electron chi connectivity index (χ2n) is 3.79. The van der Waals surface area contributed by atoms with E-state index in [-0.39, 0.29) is 5.88 Å². The van der Waals surface area contributed by atoms with Gasteiger partial charge in [-0.05, 0) is 0 Å². The quantitative estimate of drug-likeness (QED) is 0.734. The van der Waals surface area contributed by atoms with Gasteiger partial charge < -0.3 is 24.4 Å². The first-order valence-electron chi connectivity index (χ1n) is 4.80. The first-order chi connectivity index (χ1) is 7.84. The number of hydrogen-bond acceptors (Lipinski definition) is 5. The normalized spacial score (nSPS) is 43.8. The number of ether oxygens (including phenoxy) is 3. The highest BCUT2D eigenvalue weighted by atomic mass is 35.6. The number of rotatable bonds is 2. The van der Waals surface area contributed by atoms with Gasteiger partial charge in [0.15, 0.2) is 6.29 Å². The summed E-state index contributed by atoms with van der Waals surface area (Å²) in [5.41, 5.74) is 0. The summed E-state index contributed by atoms with van der Waals surface area (Å²) in [4.78, 5) is 0. The zero-order valence-electron chi connectivity index (χ0n) is 8.30. The van der Waals surface area contributed by atoms with Gasteiger partial charge in [0, 0.05) is 0 Å². The average Bonchev–Trinajstić information content (AvgIpc) is 2.77. The first-order valence-corrected chi connectivity index (χ1v) is 6.46. The zero-order valence-corrected chi connectivity index (χ0v) is 11.3. The van der Waals surface area contributed by atoms with Crippen LogP contribution in [-0.4, -0.2) is 56.9 Å². The van der Waals surface area contributed by atoms with Crippen LogP contribution in [-0.2, 0) is 14.2 Å². The summed E-state index contributed by atoms with van der Waals surface area (Å²) in [5.74, 6) is -0.0744. The summed E-state index contributed by atoms with van der Waals surface area (Å²) in [5, 5.41) is 19.4. The lowest BCUT2D eigenvalue weighted by Gasteiger charge is -2.24. The Bertz CT molecular complexity index is 286. The standard InChI is InChI=1S/C8H10Cl4O5/c9-1-2(13)4-3(14)5-6(15-4)17-7(16-5)8(10,11)12/h2-7,13-14H,1H2. The van der Waals surface area contributed by atoms with Crippen molar-refractivity contribution < 1.29 is 24.4 Å². The van der Waals surface area contributed by atoms with E-state index in [1.807, 2.05) is 0 Å². The van der Waals surface area contributed by atoms with E-state index in [4.69, 9.17) is 60.6 Å². The first kappa shape index (κ1) is 14.4. The number of hydrogen-bond donors (Lipinski definition) is 2. The minimum atomic E-state index is -1.77. The molecule has 6 unspecified atom stereocenters. The SMILES string of the molecule is OC(CCl)C1OC2OC(C(Cl)(Cl)Cl)OC2C1O. The highest BCUT2D eigenvalue weighted by Crippen LogP contribution is 2.42. The molecular formula is C8H10Cl4O5. The van der Waals surface area contributed by atoms with Gasteiger partial charge >= 0.3 is 0 Å². The van der Waals surface area contributed by atoms with Gasteiger partial charge in [-0.25, -0.2) is 0 Å². The third-order valence-corrected chi connectivity index (χ3v) is 3.43. The lowest BCUT2D eigenvalue weighted by Crippen LogP contribution is -2.41. The van der Waals surface area contributed by atoms with Crippen LogP contribution in [0.15, 0.2) is 0 Å². The van der Waals surface area contributed by atoms with Crippen LogP contribution in [0, 0.1) is 0 Å². The molecule has 0 spiro atoms. The number of halogens is 4. The van der Waals surface area contributed by atoms with Crippen LogP contribution in [0.5, 0.6) is 0 Å². The lowest BCUT2D eigenvalue weighted by atomic mass is 10.1. The van der Waals surface area contributed by atoms with Crippen LogP contribution in [0.25, 0.3) is 0 Å². The van der Waals surface area contributed by atoms with Gasteiger partial charge in [0.2, 0.25) is 10.1 Å². The molecule has 2 aliphatic heterocycles. The lowest BCUT2D eigenvalue weighted by molar-refractivity contribution is -0.182. The van der Waals surface area contributed by atoms with E-state index in [0.29, 0.717) is 0 Å². The summed E-state index contributed by atoms with van der Waals surface area (Å²) in [6, 6.07) is 0. The van der Waals surface area contributed by atoms with Crippen molar-refractivity contribution in [3.63, 3.8) is 0 Å². The largest absolute Gasteiger partial charge is 0.389 e. The average molecular weight is 328 g/mol. The van der Waals surface area contributed by atoms with Gasteiger partial charge in [0.05, 0.1) is 12.0 Å².